The number of amides is 3. The smallest absolute Gasteiger partial charge is 0.337 e. The summed E-state index contributed by atoms with van der Waals surface area (Å²) >= 11 is 0. The molecule has 8 nitrogen and oxygen atoms in total. The summed E-state index contributed by atoms with van der Waals surface area (Å²) < 4.78 is 4.54. The maximum atomic E-state index is 12.2. The Bertz CT molecular complexity index is 902. The number of phenolic OH excluding ortho intramolecular Hbond substituents is 1. The highest BCUT2D eigenvalue weighted by atomic mass is 16.5. The van der Waals surface area contributed by atoms with Crippen molar-refractivity contribution in [1.29, 1.82) is 0 Å². The Balaban J connectivity index is 1.71. The van der Waals surface area contributed by atoms with Crippen LogP contribution in [0.4, 0.5) is 5.69 Å². The summed E-state index contributed by atoms with van der Waals surface area (Å²) in [5.74, 6) is -2.74. The lowest BCUT2D eigenvalue weighted by molar-refractivity contribution is -0.116. The number of nitrogens with zero attached hydrogens (tertiary/aromatic N) is 1. The highest BCUT2D eigenvalue weighted by Crippen LogP contribution is 2.26. The quantitative estimate of drug-likeness (QED) is 0.488. The number of benzene rings is 2. The molecule has 0 radical (unpaired) electrons. The zero-order valence-corrected chi connectivity index (χ0v) is 13.7. The summed E-state index contributed by atoms with van der Waals surface area (Å²) in [4.78, 5) is 48.9. The van der Waals surface area contributed by atoms with Crippen LogP contribution in [0.5, 0.6) is 5.75 Å². The number of methoxy groups -OCH3 is 1. The van der Waals surface area contributed by atoms with E-state index in [2.05, 4.69) is 10.1 Å². The zero-order chi connectivity index (χ0) is 18.8. The van der Waals surface area contributed by atoms with Crippen LogP contribution in [0.1, 0.15) is 31.1 Å². The van der Waals surface area contributed by atoms with Gasteiger partial charge in [-0.25, -0.2) is 4.79 Å². The van der Waals surface area contributed by atoms with E-state index in [1.165, 1.54) is 31.4 Å². The maximum Gasteiger partial charge on any atom is 0.337 e. The molecule has 2 aromatic rings. The molecule has 0 saturated heterocycles. The number of hydrogen-bond donors (Lipinski definition) is 2. The summed E-state index contributed by atoms with van der Waals surface area (Å²) in [6.07, 6.45) is 0. The van der Waals surface area contributed by atoms with Crippen LogP contribution in [-0.4, -0.2) is 47.4 Å². The van der Waals surface area contributed by atoms with Crippen molar-refractivity contribution >= 4 is 29.4 Å². The summed E-state index contributed by atoms with van der Waals surface area (Å²) in [7, 11) is 1.21. The van der Waals surface area contributed by atoms with Gasteiger partial charge in [-0.15, -0.1) is 0 Å². The third-order valence-electron chi connectivity index (χ3n) is 3.87. The third-order valence-corrected chi connectivity index (χ3v) is 3.87. The van der Waals surface area contributed by atoms with Gasteiger partial charge in [-0.05, 0) is 30.3 Å². The van der Waals surface area contributed by atoms with Crippen LogP contribution in [-0.2, 0) is 9.53 Å². The first kappa shape index (κ1) is 17.2. The fourth-order valence-corrected chi connectivity index (χ4v) is 2.60. The molecule has 1 aliphatic rings. The van der Waals surface area contributed by atoms with E-state index in [4.69, 9.17) is 0 Å². The second-order valence-electron chi connectivity index (χ2n) is 5.51. The lowest BCUT2D eigenvalue weighted by atomic mass is 10.1. The number of anilines is 1. The van der Waals surface area contributed by atoms with Gasteiger partial charge < -0.3 is 15.2 Å². The molecule has 0 aliphatic carbocycles. The van der Waals surface area contributed by atoms with Gasteiger partial charge in [0, 0.05) is 0 Å². The van der Waals surface area contributed by atoms with Crippen molar-refractivity contribution in [2.45, 2.75) is 0 Å². The van der Waals surface area contributed by atoms with Crippen LogP contribution >= 0.6 is 0 Å². The molecule has 0 saturated carbocycles. The van der Waals surface area contributed by atoms with Gasteiger partial charge in [-0.3, -0.25) is 19.3 Å². The Morgan fingerprint density at radius 1 is 1.08 bits per heavy atom. The van der Waals surface area contributed by atoms with Gasteiger partial charge in [0.15, 0.2) is 0 Å². The molecule has 0 atom stereocenters. The van der Waals surface area contributed by atoms with Crippen molar-refractivity contribution in [2.24, 2.45) is 0 Å². The van der Waals surface area contributed by atoms with Crippen molar-refractivity contribution in [3.05, 3.63) is 59.2 Å². The van der Waals surface area contributed by atoms with E-state index in [0.29, 0.717) is 0 Å². The largest absolute Gasteiger partial charge is 0.506 e. The van der Waals surface area contributed by atoms with Gasteiger partial charge in [-0.2, -0.15) is 0 Å². The first-order valence-electron chi connectivity index (χ1n) is 7.58. The van der Waals surface area contributed by atoms with E-state index in [0.717, 1.165) is 11.0 Å². The summed E-state index contributed by atoms with van der Waals surface area (Å²) in [5.41, 5.74) is 0.647. The van der Waals surface area contributed by atoms with E-state index in [-0.39, 0.29) is 28.1 Å². The van der Waals surface area contributed by atoms with E-state index < -0.39 is 30.2 Å². The number of fused-ring (bicyclic) bond motifs is 1. The molecular formula is C18H14N2O6. The average Bonchev–Trinajstić information content (AvgIpc) is 2.88. The van der Waals surface area contributed by atoms with E-state index in [1.807, 2.05) is 0 Å². The Morgan fingerprint density at radius 3 is 2.23 bits per heavy atom. The maximum absolute atomic E-state index is 12.2. The van der Waals surface area contributed by atoms with Crippen LogP contribution in [0.2, 0.25) is 0 Å². The Morgan fingerprint density at radius 2 is 1.69 bits per heavy atom. The van der Waals surface area contributed by atoms with Crippen molar-refractivity contribution in [1.82, 2.24) is 4.90 Å². The first-order valence-corrected chi connectivity index (χ1v) is 7.58. The van der Waals surface area contributed by atoms with Crippen LogP contribution in [0.3, 0.4) is 0 Å². The molecule has 0 unspecified atom stereocenters. The number of aromatic hydroxyl groups is 1. The fourth-order valence-electron chi connectivity index (χ4n) is 2.60. The van der Waals surface area contributed by atoms with Crippen molar-refractivity contribution in [3.63, 3.8) is 0 Å². The van der Waals surface area contributed by atoms with Gasteiger partial charge in [0.2, 0.25) is 5.91 Å². The lowest BCUT2D eigenvalue weighted by Crippen LogP contribution is -2.37. The van der Waals surface area contributed by atoms with Gasteiger partial charge in [0.05, 0.1) is 29.5 Å². The Hall–Kier alpha value is -3.68. The number of ether oxygens (including phenoxy) is 1. The molecule has 132 valence electrons. The molecule has 26 heavy (non-hydrogen) atoms. The molecule has 3 amide bonds. The number of carbonyl (C=O) groups is 4. The monoisotopic (exact) mass is 354 g/mol. The standard InChI is InChI=1S/C18H14N2O6/c1-26-18(25)10-6-7-13(14(21)8-10)19-15(22)9-20-16(23)11-4-2-3-5-12(11)17(20)24/h2-8,21H,9H2,1H3,(H,19,22). The number of phenols is 1. The van der Waals surface area contributed by atoms with Crippen LogP contribution in [0.25, 0.3) is 0 Å². The predicted octanol–water partition coefficient (Wildman–Crippen LogP) is 1.41. The normalized spacial score (nSPS) is 12.7. The van der Waals surface area contributed by atoms with E-state index in [9.17, 15) is 24.3 Å². The number of rotatable bonds is 4. The highest BCUT2D eigenvalue weighted by molar-refractivity contribution is 6.22. The van der Waals surface area contributed by atoms with Crippen molar-refractivity contribution < 1.29 is 29.0 Å². The predicted molar refractivity (Wildman–Crippen MR) is 89.9 cm³/mol. The highest BCUT2D eigenvalue weighted by Gasteiger charge is 2.36. The molecule has 2 N–H and O–H groups in total. The molecular weight excluding hydrogens is 340 g/mol. The van der Waals surface area contributed by atoms with Gasteiger partial charge in [0.25, 0.3) is 11.8 Å². The minimum absolute atomic E-state index is 0.0410. The molecule has 0 aromatic heterocycles. The summed E-state index contributed by atoms with van der Waals surface area (Å²) in [6.45, 7) is -0.495. The molecule has 0 fully saturated rings. The number of nitrogens with one attached hydrogen (secondary N) is 1. The number of hydrogen-bond acceptors (Lipinski definition) is 6. The van der Waals surface area contributed by atoms with Crippen LogP contribution < -0.4 is 5.32 Å². The SMILES string of the molecule is COC(=O)c1ccc(NC(=O)CN2C(=O)c3ccccc3C2=O)c(O)c1. The molecule has 0 spiro atoms. The van der Waals surface area contributed by atoms with Crippen molar-refractivity contribution in [3.8, 4) is 5.75 Å². The molecule has 3 rings (SSSR count). The zero-order valence-electron chi connectivity index (χ0n) is 13.7. The second kappa shape index (κ2) is 6.67. The third kappa shape index (κ3) is 3.00. The molecule has 1 heterocycles. The Labute approximate surface area is 148 Å². The number of esters is 1. The van der Waals surface area contributed by atoms with Crippen LogP contribution in [0, 0.1) is 0 Å². The van der Waals surface area contributed by atoms with Crippen LogP contribution in [0.15, 0.2) is 42.5 Å². The summed E-state index contributed by atoms with van der Waals surface area (Å²) in [5, 5.41) is 12.3. The fraction of sp³-hybridized carbons (Fsp3) is 0.111. The molecule has 1 aliphatic heterocycles. The van der Waals surface area contributed by atoms with Gasteiger partial charge in [0.1, 0.15) is 12.3 Å². The molecule has 2 aromatic carbocycles. The average molecular weight is 354 g/mol. The number of imide groups is 1. The molecule has 8 heteroatoms. The Kier molecular flexibility index (Phi) is 4.40. The minimum atomic E-state index is -0.666. The topological polar surface area (TPSA) is 113 Å². The first-order chi connectivity index (χ1) is 12.4. The van der Waals surface area contributed by atoms with Gasteiger partial charge >= 0.3 is 5.97 Å². The second-order valence-corrected chi connectivity index (χ2v) is 5.51. The summed E-state index contributed by atoms with van der Waals surface area (Å²) in [6, 6.07) is 10.1. The van der Waals surface area contributed by atoms with Gasteiger partial charge in [-0.1, -0.05) is 12.1 Å². The van der Waals surface area contributed by atoms with Crippen molar-refractivity contribution in [2.75, 3.05) is 19.0 Å². The van der Waals surface area contributed by atoms with E-state index >= 15 is 0 Å². The van der Waals surface area contributed by atoms with E-state index in [1.54, 1.807) is 12.1 Å². The number of carbonyl (C=O) groups excluding carboxylic acids is 4. The lowest BCUT2D eigenvalue weighted by Gasteiger charge is -2.14. The minimum Gasteiger partial charge on any atom is -0.506 e. The molecule has 0 bridgehead atoms.